The Morgan fingerprint density at radius 1 is 0.970 bits per heavy atom. The highest BCUT2D eigenvalue weighted by Gasteiger charge is 2.22. The number of likely N-dealkylation sites (tertiary alicyclic amines) is 1. The van der Waals surface area contributed by atoms with Crippen molar-refractivity contribution >= 4 is 23.5 Å². The fraction of sp³-hybridized carbons (Fsp3) is 0.192. The fourth-order valence-corrected chi connectivity index (χ4v) is 4.95. The number of thioether (sulfide) groups is 1. The normalized spacial score (nSPS) is 13.4. The molecule has 5 rings (SSSR count). The molecule has 0 saturated carbocycles. The van der Waals surface area contributed by atoms with Crippen molar-refractivity contribution < 1.29 is 9.59 Å². The van der Waals surface area contributed by atoms with Crippen LogP contribution in [0.2, 0.25) is 0 Å². The van der Waals surface area contributed by atoms with E-state index in [1.807, 2.05) is 59.6 Å². The van der Waals surface area contributed by atoms with E-state index >= 15 is 0 Å². The van der Waals surface area contributed by atoms with E-state index in [9.17, 15) is 9.59 Å². The molecule has 0 aliphatic carbocycles. The first-order valence-corrected chi connectivity index (χ1v) is 12.0. The maximum Gasteiger partial charge on any atom is 0.270 e. The Labute approximate surface area is 196 Å². The lowest BCUT2D eigenvalue weighted by atomic mass is 10.1. The smallest absolute Gasteiger partial charge is 0.270 e. The van der Waals surface area contributed by atoms with Gasteiger partial charge >= 0.3 is 0 Å². The van der Waals surface area contributed by atoms with Crippen LogP contribution in [0.15, 0.2) is 84.3 Å². The number of hydrogen-bond acceptors (Lipinski definition) is 4. The second-order valence-corrected chi connectivity index (χ2v) is 8.92. The number of imidazole rings is 1. The molecule has 1 amide bonds. The summed E-state index contributed by atoms with van der Waals surface area (Å²) >= 11 is 1.40. The molecule has 6 nitrogen and oxygen atoms in total. The summed E-state index contributed by atoms with van der Waals surface area (Å²) in [5.41, 5.74) is 4.01. The molecule has 1 aliphatic rings. The zero-order chi connectivity index (χ0) is 22.6. The molecule has 2 aromatic heterocycles. The lowest BCUT2D eigenvalue weighted by molar-refractivity contribution is 0.0787. The van der Waals surface area contributed by atoms with Crippen molar-refractivity contribution in [3.05, 3.63) is 90.4 Å². The van der Waals surface area contributed by atoms with Crippen LogP contribution in [0.25, 0.3) is 16.9 Å². The van der Waals surface area contributed by atoms with Gasteiger partial charge in [-0.3, -0.25) is 14.2 Å². The molecule has 0 radical (unpaired) electrons. The molecular formula is C26H24N4O2S. The molecule has 1 saturated heterocycles. The summed E-state index contributed by atoms with van der Waals surface area (Å²) in [6, 6.07) is 21.8. The highest BCUT2D eigenvalue weighted by atomic mass is 32.2. The topological polar surface area (TPSA) is 71.0 Å². The molecule has 0 spiro atoms. The minimum atomic E-state index is -0.0411. The van der Waals surface area contributed by atoms with Crippen molar-refractivity contribution in [3.8, 4) is 16.9 Å². The third-order valence-corrected chi connectivity index (χ3v) is 6.73. The predicted molar refractivity (Wildman–Crippen MR) is 130 cm³/mol. The van der Waals surface area contributed by atoms with Crippen molar-refractivity contribution in [1.29, 1.82) is 0 Å². The number of nitrogens with one attached hydrogen (secondary N) is 1. The van der Waals surface area contributed by atoms with E-state index < -0.39 is 0 Å². The molecule has 2 aromatic carbocycles. The van der Waals surface area contributed by atoms with Crippen LogP contribution in [0.5, 0.6) is 0 Å². The van der Waals surface area contributed by atoms with Crippen LogP contribution in [0.4, 0.5) is 0 Å². The number of carbonyl (C=O) groups is 2. The van der Waals surface area contributed by atoms with Gasteiger partial charge in [0, 0.05) is 36.1 Å². The van der Waals surface area contributed by atoms with E-state index in [0.29, 0.717) is 11.3 Å². The number of hydrogen-bond donors (Lipinski definition) is 1. The van der Waals surface area contributed by atoms with E-state index in [1.54, 1.807) is 12.3 Å². The highest BCUT2D eigenvalue weighted by Crippen LogP contribution is 2.30. The number of amides is 1. The molecule has 1 fully saturated rings. The average molecular weight is 457 g/mol. The molecule has 3 heterocycles. The van der Waals surface area contributed by atoms with Crippen LogP contribution >= 0.6 is 11.8 Å². The van der Waals surface area contributed by atoms with Gasteiger partial charge in [-0.05, 0) is 31.0 Å². The number of aromatic nitrogens is 3. The summed E-state index contributed by atoms with van der Waals surface area (Å²) in [7, 11) is 0. The van der Waals surface area contributed by atoms with Crippen molar-refractivity contribution in [3.63, 3.8) is 0 Å². The van der Waals surface area contributed by atoms with E-state index in [1.165, 1.54) is 11.8 Å². The van der Waals surface area contributed by atoms with Gasteiger partial charge in [-0.2, -0.15) is 0 Å². The maximum absolute atomic E-state index is 12.9. The van der Waals surface area contributed by atoms with E-state index in [-0.39, 0.29) is 17.4 Å². The Balaban J connectivity index is 1.35. The molecule has 0 bridgehead atoms. The van der Waals surface area contributed by atoms with Crippen molar-refractivity contribution in [2.75, 3.05) is 18.8 Å². The Hall–Kier alpha value is -3.58. The number of ketones is 1. The summed E-state index contributed by atoms with van der Waals surface area (Å²) in [4.78, 5) is 34.9. The number of benzene rings is 2. The Kier molecular flexibility index (Phi) is 6.13. The molecule has 1 aliphatic heterocycles. The molecular weight excluding hydrogens is 432 g/mol. The first kappa shape index (κ1) is 21.3. The molecule has 7 heteroatoms. The van der Waals surface area contributed by atoms with Crippen LogP contribution in [-0.2, 0) is 0 Å². The monoisotopic (exact) mass is 456 g/mol. The van der Waals surface area contributed by atoms with Crippen molar-refractivity contribution in [2.24, 2.45) is 0 Å². The predicted octanol–water partition coefficient (Wildman–Crippen LogP) is 5.08. The van der Waals surface area contributed by atoms with Crippen molar-refractivity contribution in [2.45, 2.75) is 18.0 Å². The molecule has 4 aromatic rings. The van der Waals surface area contributed by atoms with Crippen LogP contribution in [0, 0.1) is 0 Å². The van der Waals surface area contributed by atoms with Crippen LogP contribution < -0.4 is 0 Å². The molecule has 1 N–H and O–H groups in total. The number of rotatable bonds is 7. The molecule has 166 valence electrons. The number of nitrogens with zero attached hydrogens (tertiary/aromatic N) is 3. The number of para-hydroxylation sites is 1. The third kappa shape index (κ3) is 4.50. The quantitative estimate of drug-likeness (QED) is 0.311. The standard InChI is InChI=1S/C26H24N4O2S/c31-24(20-15-22(27-16-20)25(32)29-13-7-8-14-29)18-33-26-28-17-23(19-9-3-1-4-10-19)30(26)21-11-5-2-6-12-21/h1-6,9-12,15-17,27H,7-8,13-14,18H2. The largest absolute Gasteiger partial charge is 0.356 e. The zero-order valence-corrected chi connectivity index (χ0v) is 18.9. The van der Waals surface area contributed by atoms with Gasteiger partial charge in [0.15, 0.2) is 10.9 Å². The minimum absolute atomic E-state index is 0.0358. The van der Waals surface area contributed by atoms with Crippen molar-refractivity contribution in [1.82, 2.24) is 19.4 Å². The average Bonchev–Trinajstić information content (AvgIpc) is 3.64. The fourth-order valence-electron chi connectivity index (χ4n) is 4.06. The SMILES string of the molecule is O=C(CSc1ncc(-c2ccccc2)n1-c1ccccc1)c1c[nH]c(C(=O)N2CCCC2)c1. The third-order valence-electron chi connectivity index (χ3n) is 5.77. The number of carbonyl (C=O) groups excluding carboxylic acids is 2. The zero-order valence-electron chi connectivity index (χ0n) is 18.1. The summed E-state index contributed by atoms with van der Waals surface area (Å²) in [6.45, 7) is 1.56. The number of aromatic amines is 1. The lowest BCUT2D eigenvalue weighted by Crippen LogP contribution is -2.27. The molecule has 0 unspecified atom stereocenters. The van der Waals surface area contributed by atoms with Gasteiger partial charge in [0.25, 0.3) is 5.91 Å². The van der Waals surface area contributed by atoms with Gasteiger partial charge in [-0.15, -0.1) is 0 Å². The second-order valence-electron chi connectivity index (χ2n) is 7.98. The van der Waals surface area contributed by atoms with Gasteiger partial charge in [-0.25, -0.2) is 4.98 Å². The van der Waals surface area contributed by atoms with Gasteiger partial charge in [0.05, 0.1) is 17.6 Å². The molecule has 33 heavy (non-hydrogen) atoms. The summed E-state index contributed by atoms with van der Waals surface area (Å²) in [6.07, 6.45) is 5.55. The summed E-state index contributed by atoms with van der Waals surface area (Å²) < 4.78 is 2.08. The number of H-pyrrole nitrogens is 1. The summed E-state index contributed by atoms with van der Waals surface area (Å²) in [5, 5.41) is 0.748. The highest BCUT2D eigenvalue weighted by molar-refractivity contribution is 7.99. The van der Waals surface area contributed by atoms with Gasteiger partial charge in [0.1, 0.15) is 5.69 Å². The van der Waals surface area contributed by atoms with Gasteiger partial charge in [-0.1, -0.05) is 60.3 Å². The Morgan fingerprint density at radius 3 is 2.39 bits per heavy atom. The van der Waals surface area contributed by atoms with Crippen LogP contribution in [-0.4, -0.2) is 50.0 Å². The van der Waals surface area contributed by atoms with E-state index in [4.69, 9.17) is 0 Å². The van der Waals surface area contributed by atoms with Gasteiger partial charge in [0.2, 0.25) is 0 Å². The molecule has 0 atom stereocenters. The first-order chi connectivity index (χ1) is 16.2. The minimum Gasteiger partial charge on any atom is -0.356 e. The Morgan fingerprint density at radius 2 is 1.67 bits per heavy atom. The number of Topliss-reactive ketones (excluding diaryl/α,β-unsaturated/α-hetero) is 1. The second kappa shape index (κ2) is 9.50. The summed E-state index contributed by atoms with van der Waals surface area (Å²) in [5.74, 6) is 0.153. The van der Waals surface area contributed by atoms with Gasteiger partial charge < -0.3 is 9.88 Å². The maximum atomic E-state index is 12.9. The van der Waals surface area contributed by atoms with Crippen LogP contribution in [0.3, 0.4) is 0 Å². The first-order valence-electron chi connectivity index (χ1n) is 11.0. The van der Waals surface area contributed by atoms with Crippen LogP contribution in [0.1, 0.15) is 33.7 Å². The lowest BCUT2D eigenvalue weighted by Gasteiger charge is -2.13. The van der Waals surface area contributed by atoms with E-state index in [2.05, 4.69) is 26.7 Å². The van der Waals surface area contributed by atoms with E-state index in [0.717, 1.165) is 48.0 Å². The Bertz CT molecular complexity index is 1260.